The van der Waals surface area contributed by atoms with E-state index >= 15 is 0 Å². The van der Waals surface area contributed by atoms with Gasteiger partial charge in [0.2, 0.25) is 5.91 Å². The fraction of sp³-hybridized carbons (Fsp3) is 0.673. The molecule has 0 aromatic carbocycles. The summed E-state index contributed by atoms with van der Waals surface area (Å²) in [7, 11) is 0. The van der Waals surface area contributed by atoms with Gasteiger partial charge in [0.25, 0.3) is 0 Å². The number of carbonyl (C=O) groups excluding carboxylic acids is 2. The van der Waals surface area contributed by atoms with Crippen LogP contribution in [0.4, 0.5) is 0 Å². The highest BCUT2D eigenvalue weighted by Gasteiger charge is 2.24. The van der Waals surface area contributed by atoms with Gasteiger partial charge in [0.1, 0.15) is 6.10 Å². The standard InChI is InChI=1S/C55H93NO5/c1-4-7-10-13-16-19-21-23-25-26-27-29-31-33-36-39-42-45-48-55(60)61-51(46-43-40-37-35-32-30-28-24-22-20-17-14-11-8-5-2)49-54(59)56-52(50-57)53(58)47-44-41-38-34-18-15-12-9-6-3/h10,13,16-17,19-21,23-29,32,35,51-53,57-58H,4-9,11-12,14-15,18,22,30-31,33-34,36-50H2,1-3H3,(H,56,59)/b13-10+,19-16+,20-17-,23-21+,26-25+,28-24-,29-27+,35-32-. The van der Waals surface area contributed by atoms with Gasteiger partial charge in [-0.2, -0.15) is 0 Å². The molecule has 3 N–H and O–H groups in total. The van der Waals surface area contributed by atoms with Gasteiger partial charge in [-0.25, -0.2) is 0 Å². The van der Waals surface area contributed by atoms with Crippen molar-refractivity contribution in [3.05, 3.63) is 97.2 Å². The third kappa shape index (κ3) is 43.2. The van der Waals surface area contributed by atoms with Crippen LogP contribution >= 0.6 is 0 Å². The minimum absolute atomic E-state index is 0.0352. The van der Waals surface area contributed by atoms with Gasteiger partial charge < -0.3 is 20.3 Å². The second kappa shape index (κ2) is 47.8. The molecule has 6 heteroatoms. The molecule has 3 atom stereocenters. The third-order valence-electron chi connectivity index (χ3n) is 10.7. The Morgan fingerprint density at radius 3 is 1.52 bits per heavy atom. The van der Waals surface area contributed by atoms with Gasteiger partial charge >= 0.3 is 5.97 Å². The number of aliphatic hydroxyl groups is 2. The molecule has 0 saturated heterocycles. The lowest BCUT2D eigenvalue weighted by Crippen LogP contribution is -2.46. The van der Waals surface area contributed by atoms with E-state index in [2.05, 4.69) is 99.0 Å². The Kier molecular flexibility index (Phi) is 45.3. The molecule has 0 aliphatic carbocycles. The third-order valence-corrected chi connectivity index (χ3v) is 10.7. The van der Waals surface area contributed by atoms with Gasteiger partial charge in [-0.05, 0) is 83.5 Å². The van der Waals surface area contributed by atoms with E-state index in [4.69, 9.17) is 4.74 Å². The second-order valence-electron chi connectivity index (χ2n) is 16.6. The Morgan fingerprint density at radius 2 is 0.934 bits per heavy atom. The lowest BCUT2D eigenvalue weighted by molar-refractivity contribution is -0.151. The van der Waals surface area contributed by atoms with Crippen molar-refractivity contribution in [2.75, 3.05) is 6.61 Å². The van der Waals surface area contributed by atoms with E-state index in [1.807, 2.05) is 24.3 Å². The fourth-order valence-corrected chi connectivity index (χ4v) is 6.94. The predicted octanol–water partition coefficient (Wildman–Crippen LogP) is 14.9. The molecule has 0 aromatic heterocycles. The molecule has 6 nitrogen and oxygen atoms in total. The van der Waals surface area contributed by atoms with Crippen LogP contribution in [-0.2, 0) is 14.3 Å². The summed E-state index contributed by atoms with van der Waals surface area (Å²) in [5.41, 5.74) is 0. The number of ether oxygens (including phenoxy) is 1. The predicted molar refractivity (Wildman–Crippen MR) is 264 cm³/mol. The maximum atomic E-state index is 13.2. The Balaban J connectivity index is 4.73. The summed E-state index contributed by atoms with van der Waals surface area (Å²) in [5.74, 6) is -0.550. The van der Waals surface area contributed by atoms with Gasteiger partial charge in [-0.1, -0.05) is 214 Å². The zero-order chi connectivity index (χ0) is 44.5. The molecule has 3 unspecified atom stereocenters. The van der Waals surface area contributed by atoms with Gasteiger partial charge in [0.15, 0.2) is 0 Å². The average Bonchev–Trinajstić information content (AvgIpc) is 3.25. The van der Waals surface area contributed by atoms with Gasteiger partial charge in [0, 0.05) is 6.42 Å². The smallest absolute Gasteiger partial charge is 0.306 e. The quantitative estimate of drug-likeness (QED) is 0.0246. The highest BCUT2D eigenvalue weighted by molar-refractivity contribution is 5.77. The first-order valence-corrected chi connectivity index (χ1v) is 25.0. The molecule has 0 heterocycles. The molecule has 0 aliphatic rings. The van der Waals surface area contributed by atoms with E-state index in [1.54, 1.807) is 0 Å². The summed E-state index contributed by atoms with van der Waals surface area (Å²) >= 11 is 0. The minimum Gasteiger partial charge on any atom is -0.462 e. The highest BCUT2D eigenvalue weighted by atomic mass is 16.5. The normalized spacial score (nSPS) is 14.1. The average molecular weight is 848 g/mol. The number of carbonyl (C=O) groups is 2. The minimum atomic E-state index is -0.806. The van der Waals surface area contributed by atoms with Crippen LogP contribution in [0.3, 0.4) is 0 Å². The van der Waals surface area contributed by atoms with Crippen LogP contribution in [0.5, 0.6) is 0 Å². The lowest BCUT2D eigenvalue weighted by atomic mass is 10.0. The van der Waals surface area contributed by atoms with E-state index < -0.39 is 18.2 Å². The van der Waals surface area contributed by atoms with Crippen molar-refractivity contribution in [2.45, 2.75) is 232 Å². The summed E-state index contributed by atoms with van der Waals surface area (Å²) in [6.45, 7) is 6.32. The number of amides is 1. The molecule has 0 aliphatic heterocycles. The van der Waals surface area contributed by atoms with Crippen LogP contribution < -0.4 is 5.32 Å². The number of rotatable bonds is 43. The number of hydrogen-bond donors (Lipinski definition) is 3. The van der Waals surface area contributed by atoms with Gasteiger partial charge in [-0.3, -0.25) is 9.59 Å². The number of hydrogen-bond acceptors (Lipinski definition) is 5. The van der Waals surface area contributed by atoms with E-state index in [-0.39, 0.29) is 24.9 Å². The van der Waals surface area contributed by atoms with Crippen molar-refractivity contribution >= 4 is 11.9 Å². The van der Waals surface area contributed by atoms with Gasteiger partial charge in [-0.15, -0.1) is 0 Å². The number of allylic oxidation sites excluding steroid dienone is 16. The van der Waals surface area contributed by atoms with Gasteiger partial charge in [0.05, 0.1) is 25.2 Å². The maximum Gasteiger partial charge on any atom is 0.306 e. The van der Waals surface area contributed by atoms with Crippen LogP contribution in [0, 0.1) is 0 Å². The topological polar surface area (TPSA) is 95.9 Å². The number of nitrogens with one attached hydrogen (secondary N) is 1. The monoisotopic (exact) mass is 848 g/mol. The molecular formula is C55H93NO5. The fourth-order valence-electron chi connectivity index (χ4n) is 6.94. The zero-order valence-corrected chi connectivity index (χ0v) is 39.5. The van der Waals surface area contributed by atoms with Crippen LogP contribution in [-0.4, -0.2) is 46.9 Å². The van der Waals surface area contributed by atoms with Crippen LogP contribution in [0.25, 0.3) is 0 Å². The van der Waals surface area contributed by atoms with E-state index in [0.717, 1.165) is 96.3 Å². The van der Waals surface area contributed by atoms with Crippen molar-refractivity contribution in [1.29, 1.82) is 0 Å². The largest absolute Gasteiger partial charge is 0.462 e. The lowest BCUT2D eigenvalue weighted by Gasteiger charge is -2.24. The molecule has 0 spiro atoms. The molecule has 0 saturated carbocycles. The molecule has 0 aromatic rings. The van der Waals surface area contributed by atoms with Crippen molar-refractivity contribution in [1.82, 2.24) is 5.32 Å². The molecule has 0 bridgehead atoms. The summed E-state index contributed by atoms with van der Waals surface area (Å²) in [4.78, 5) is 26.1. The maximum absolute atomic E-state index is 13.2. The zero-order valence-electron chi connectivity index (χ0n) is 39.5. The number of aliphatic hydroxyl groups excluding tert-OH is 2. The summed E-state index contributed by atoms with van der Waals surface area (Å²) in [6, 6.07) is -0.724. The molecule has 0 radical (unpaired) electrons. The van der Waals surface area contributed by atoms with Crippen molar-refractivity contribution in [3.8, 4) is 0 Å². The molecule has 0 fully saturated rings. The van der Waals surface area contributed by atoms with Crippen molar-refractivity contribution < 1.29 is 24.5 Å². The van der Waals surface area contributed by atoms with E-state index in [9.17, 15) is 19.8 Å². The van der Waals surface area contributed by atoms with E-state index in [1.165, 1.54) is 70.6 Å². The molecule has 61 heavy (non-hydrogen) atoms. The van der Waals surface area contributed by atoms with Crippen LogP contribution in [0.1, 0.15) is 213 Å². The Bertz CT molecular complexity index is 1220. The Hall–Kier alpha value is -3.22. The SMILES string of the molecule is CCC/C=C/C=C/C=C/C=C/C=C/CCCCCCCC(=O)OC(CCCC/C=C\C/C=C\C/C=C\CCCCC)CC(=O)NC(CO)C(O)CCCCCCCCCCC. The first-order valence-electron chi connectivity index (χ1n) is 25.0. The second-order valence-corrected chi connectivity index (χ2v) is 16.6. The summed E-state index contributed by atoms with van der Waals surface area (Å²) < 4.78 is 5.90. The van der Waals surface area contributed by atoms with Crippen molar-refractivity contribution in [2.24, 2.45) is 0 Å². The molecule has 348 valence electrons. The Morgan fingerprint density at radius 1 is 0.492 bits per heavy atom. The first kappa shape index (κ1) is 57.8. The Labute approximate surface area is 376 Å². The molecule has 0 rings (SSSR count). The molecular weight excluding hydrogens is 755 g/mol. The van der Waals surface area contributed by atoms with E-state index in [0.29, 0.717) is 19.3 Å². The summed E-state index contributed by atoms with van der Waals surface area (Å²) in [6.07, 6.45) is 63.2. The molecule has 1 amide bonds. The first-order chi connectivity index (χ1) is 30.0. The van der Waals surface area contributed by atoms with Crippen LogP contribution in [0.2, 0.25) is 0 Å². The van der Waals surface area contributed by atoms with Crippen molar-refractivity contribution in [3.63, 3.8) is 0 Å². The van der Waals surface area contributed by atoms with Crippen LogP contribution in [0.15, 0.2) is 97.2 Å². The number of esters is 1. The number of unbranched alkanes of at least 4 members (excludes halogenated alkanes) is 19. The summed E-state index contributed by atoms with van der Waals surface area (Å²) in [5, 5.41) is 23.6. The highest BCUT2D eigenvalue weighted by Crippen LogP contribution is 2.16.